The maximum absolute atomic E-state index is 8.79. The van der Waals surface area contributed by atoms with Crippen LogP contribution in [0.3, 0.4) is 0 Å². The van der Waals surface area contributed by atoms with Crippen molar-refractivity contribution in [2.45, 2.75) is 6.92 Å². The Kier molecular flexibility index (Phi) is 2.48. The summed E-state index contributed by atoms with van der Waals surface area (Å²) in [4.78, 5) is 12.0. The van der Waals surface area contributed by atoms with E-state index in [1.54, 1.807) is 18.5 Å². The normalized spacial score (nSPS) is 9.75. The molecule has 2 rings (SSSR count). The van der Waals surface area contributed by atoms with Gasteiger partial charge in [-0.2, -0.15) is 5.26 Å². The van der Waals surface area contributed by atoms with Crippen molar-refractivity contribution in [3.05, 3.63) is 35.8 Å². The largest absolute Gasteiger partial charge is 0.368 e. The monoisotopic (exact) mass is 211 g/mol. The fourth-order valence-electron chi connectivity index (χ4n) is 1.38. The Hall–Kier alpha value is -2.48. The van der Waals surface area contributed by atoms with E-state index in [-0.39, 0.29) is 5.95 Å². The average Bonchev–Trinajstić information content (AvgIpc) is 2.32. The standard InChI is InChI=1S/C11H9N5/c1-7-4-15-11(13)16-10(7)9-2-8(3-12)5-14-6-9/h2,4-6H,1H3,(H2,13,15,16). The van der Waals surface area contributed by atoms with Gasteiger partial charge in [-0.3, -0.25) is 4.98 Å². The number of pyridine rings is 1. The van der Waals surface area contributed by atoms with Crippen molar-refractivity contribution < 1.29 is 0 Å². The summed E-state index contributed by atoms with van der Waals surface area (Å²) in [6.45, 7) is 1.88. The van der Waals surface area contributed by atoms with Gasteiger partial charge in [-0.15, -0.1) is 0 Å². The Morgan fingerprint density at radius 2 is 2.12 bits per heavy atom. The zero-order valence-corrected chi connectivity index (χ0v) is 8.68. The van der Waals surface area contributed by atoms with E-state index in [2.05, 4.69) is 15.0 Å². The highest BCUT2D eigenvalue weighted by molar-refractivity contribution is 5.63. The van der Waals surface area contributed by atoms with Gasteiger partial charge < -0.3 is 5.73 Å². The van der Waals surface area contributed by atoms with Gasteiger partial charge in [0.25, 0.3) is 0 Å². The first-order valence-electron chi connectivity index (χ1n) is 4.65. The van der Waals surface area contributed by atoms with E-state index >= 15 is 0 Å². The second kappa shape index (κ2) is 3.95. The fraction of sp³-hybridized carbons (Fsp3) is 0.0909. The second-order valence-electron chi connectivity index (χ2n) is 3.33. The Balaban J connectivity index is 2.58. The molecular weight excluding hydrogens is 202 g/mol. The van der Waals surface area contributed by atoms with E-state index in [0.717, 1.165) is 11.1 Å². The molecule has 5 nitrogen and oxygen atoms in total. The minimum atomic E-state index is 0.211. The van der Waals surface area contributed by atoms with Crippen LogP contribution in [0, 0.1) is 18.3 Å². The molecule has 5 heteroatoms. The number of hydrogen-bond acceptors (Lipinski definition) is 5. The van der Waals surface area contributed by atoms with E-state index in [1.165, 1.54) is 6.20 Å². The molecule has 0 aliphatic carbocycles. The lowest BCUT2D eigenvalue weighted by atomic mass is 10.1. The fourth-order valence-corrected chi connectivity index (χ4v) is 1.38. The minimum absolute atomic E-state index is 0.211. The Morgan fingerprint density at radius 1 is 1.31 bits per heavy atom. The van der Waals surface area contributed by atoms with Crippen molar-refractivity contribution in [1.82, 2.24) is 15.0 Å². The van der Waals surface area contributed by atoms with Crippen molar-refractivity contribution in [1.29, 1.82) is 5.26 Å². The highest BCUT2D eigenvalue weighted by atomic mass is 15.0. The predicted octanol–water partition coefficient (Wildman–Crippen LogP) is 1.30. The van der Waals surface area contributed by atoms with Crippen molar-refractivity contribution in [2.75, 3.05) is 5.73 Å². The SMILES string of the molecule is Cc1cnc(N)nc1-c1cncc(C#N)c1. The third kappa shape index (κ3) is 1.81. The molecule has 0 aliphatic heterocycles. The van der Waals surface area contributed by atoms with Crippen molar-refractivity contribution >= 4 is 5.95 Å². The topological polar surface area (TPSA) is 88.5 Å². The van der Waals surface area contributed by atoms with E-state index in [1.807, 2.05) is 13.0 Å². The molecule has 2 heterocycles. The summed E-state index contributed by atoms with van der Waals surface area (Å²) in [6, 6.07) is 3.76. The quantitative estimate of drug-likeness (QED) is 0.768. The number of aryl methyl sites for hydroxylation is 1. The lowest BCUT2D eigenvalue weighted by Gasteiger charge is -2.04. The molecule has 0 unspecified atom stereocenters. The third-order valence-electron chi connectivity index (χ3n) is 2.13. The van der Waals surface area contributed by atoms with Gasteiger partial charge in [0, 0.05) is 24.2 Å². The molecule has 0 spiro atoms. The molecule has 0 aromatic carbocycles. The Morgan fingerprint density at radius 3 is 2.88 bits per heavy atom. The van der Waals surface area contributed by atoms with Crippen LogP contribution in [0.2, 0.25) is 0 Å². The molecule has 0 aliphatic rings. The smallest absolute Gasteiger partial charge is 0.220 e. The van der Waals surface area contributed by atoms with Crippen LogP contribution in [0.4, 0.5) is 5.95 Å². The van der Waals surface area contributed by atoms with Crippen molar-refractivity contribution in [2.24, 2.45) is 0 Å². The summed E-state index contributed by atoms with van der Waals surface area (Å²) in [5, 5.41) is 8.79. The van der Waals surface area contributed by atoms with Crippen LogP contribution in [0.1, 0.15) is 11.1 Å². The van der Waals surface area contributed by atoms with Crippen molar-refractivity contribution in [3.63, 3.8) is 0 Å². The van der Waals surface area contributed by atoms with Crippen LogP contribution < -0.4 is 5.73 Å². The molecule has 0 fully saturated rings. The van der Waals surface area contributed by atoms with Crippen molar-refractivity contribution in [3.8, 4) is 17.3 Å². The van der Waals surface area contributed by atoms with E-state index in [0.29, 0.717) is 11.3 Å². The van der Waals surface area contributed by atoms with Gasteiger partial charge in [-0.05, 0) is 18.6 Å². The molecule has 2 N–H and O–H groups in total. The zero-order valence-electron chi connectivity index (χ0n) is 8.68. The van der Waals surface area contributed by atoms with Gasteiger partial charge in [-0.1, -0.05) is 0 Å². The van der Waals surface area contributed by atoms with Gasteiger partial charge in [0.05, 0.1) is 11.3 Å². The number of hydrogen-bond donors (Lipinski definition) is 1. The lowest BCUT2D eigenvalue weighted by molar-refractivity contribution is 1.14. The summed E-state index contributed by atoms with van der Waals surface area (Å²) in [5.41, 5.74) is 8.39. The first kappa shape index (κ1) is 10.1. The number of nitrogens with two attached hydrogens (primary N) is 1. The molecule has 0 saturated heterocycles. The molecule has 2 aromatic rings. The van der Waals surface area contributed by atoms with Crippen LogP contribution in [-0.2, 0) is 0 Å². The number of anilines is 1. The van der Waals surface area contributed by atoms with Crippen LogP contribution >= 0.6 is 0 Å². The molecule has 0 atom stereocenters. The van der Waals surface area contributed by atoms with Crippen LogP contribution in [-0.4, -0.2) is 15.0 Å². The first-order chi connectivity index (χ1) is 7.70. The maximum atomic E-state index is 8.79. The van der Waals surface area contributed by atoms with Crippen LogP contribution in [0.25, 0.3) is 11.3 Å². The molecule has 0 amide bonds. The molecule has 16 heavy (non-hydrogen) atoms. The number of rotatable bonds is 1. The van der Waals surface area contributed by atoms with Gasteiger partial charge in [0.1, 0.15) is 6.07 Å². The number of nitriles is 1. The number of nitrogens with zero attached hydrogens (tertiary/aromatic N) is 4. The highest BCUT2D eigenvalue weighted by Gasteiger charge is 2.06. The Labute approximate surface area is 92.6 Å². The number of nitrogen functional groups attached to an aromatic ring is 1. The Bertz CT molecular complexity index is 571. The average molecular weight is 211 g/mol. The molecule has 0 radical (unpaired) electrons. The lowest BCUT2D eigenvalue weighted by Crippen LogP contribution is -1.98. The second-order valence-corrected chi connectivity index (χ2v) is 3.33. The first-order valence-corrected chi connectivity index (χ1v) is 4.65. The van der Waals surface area contributed by atoms with E-state index in [4.69, 9.17) is 11.0 Å². The molecular formula is C11H9N5. The van der Waals surface area contributed by atoms with Crippen LogP contribution in [0.15, 0.2) is 24.7 Å². The highest BCUT2D eigenvalue weighted by Crippen LogP contribution is 2.20. The molecule has 78 valence electrons. The third-order valence-corrected chi connectivity index (χ3v) is 2.13. The molecule has 0 saturated carbocycles. The molecule has 2 aromatic heterocycles. The van der Waals surface area contributed by atoms with Crippen LogP contribution in [0.5, 0.6) is 0 Å². The van der Waals surface area contributed by atoms with Gasteiger partial charge in [-0.25, -0.2) is 9.97 Å². The summed E-state index contributed by atoms with van der Waals surface area (Å²) >= 11 is 0. The van der Waals surface area contributed by atoms with Gasteiger partial charge in [0.2, 0.25) is 5.95 Å². The van der Waals surface area contributed by atoms with E-state index < -0.39 is 0 Å². The number of aromatic nitrogens is 3. The molecule has 0 bridgehead atoms. The summed E-state index contributed by atoms with van der Waals surface area (Å²) < 4.78 is 0. The maximum Gasteiger partial charge on any atom is 0.220 e. The zero-order chi connectivity index (χ0) is 11.5. The van der Waals surface area contributed by atoms with Gasteiger partial charge in [0.15, 0.2) is 0 Å². The van der Waals surface area contributed by atoms with E-state index in [9.17, 15) is 0 Å². The summed E-state index contributed by atoms with van der Waals surface area (Å²) in [6.07, 6.45) is 4.80. The van der Waals surface area contributed by atoms with Gasteiger partial charge >= 0.3 is 0 Å². The minimum Gasteiger partial charge on any atom is -0.368 e. The summed E-state index contributed by atoms with van der Waals surface area (Å²) in [5.74, 6) is 0.211. The summed E-state index contributed by atoms with van der Waals surface area (Å²) in [7, 11) is 0. The predicted molar refractivity (Wildman–Crippen MR) is 59.1 cm³/mol.